The van der Waals surface area contributed by atoms with Gasteiger partial charge in [-0.2, -0.15) is 0 Å². The zero-order chi connectivity index (χ0) is 14.7. The van der Waals surface area contributed by atoms with Gasteiger partial charge in [-0.25, -0.2) is 9.37 Å². The van der Waals surface area contributed by atoms with E-state index in [1.54, 1.807) is 30.3 Å². The Labute approximate surface area is 119 Å². The summed E-state index contributed by atoms with van der Waals surface area (Å²) in [5.41, 5.74) is 1.83. The summed E-state index contributed by atoms with van der Waals surface area (Å²) >= 11 is 0. The molecule has 3 rings (SSSR count). The molecule has 1 N–H and O–H groups in total. The molecule has 0 saturated heterocycles. The molecule has 0 aliphatic heterocycles. The van der Waals surface area contributed by atoms with E-state index in [0.29, 0.717) is 16.8 Å². The van der Waals surface area contributed by atoms with E-state index in [0.717, 1.165) is 0 Å². The van der Waals surface area contributed by atoms with Gasteiger partial charge in [-0.05, 0) is 24.3 Å². The number of nitrogens with zero attached hydrogens (tertiary/aromatic N) is 1. The number of hydrogen-bond donors (Lipinski definition) is 1. The van der Waals surface area contributed by atoms with Crippen molar-refractivity contribution in [3.05, 3.63) is 54.7 Å². The normalized spacial score (nSPS) is 10.5. The molecular weight excluding hydrogens is 275 g/mol. The Bertz CT molecular complexity index is 785. The number of hydrogen-bond acceptors (Lipinski definition) is 4. The van der Waals surface area contributed by atoms with Gasteiger partial charge in [0.25, 0.3) is 5.91 Å². The number of para-hydroxylation sites is 1. The average Bonchev–Trinajstić information content (AvgIpc) is 2.94. The van der Waals surface area contributed by atoms with Crippen LogP contribution in [0.5, 0.6) is 5.75 Å². The Kier molecular flexibility index (Phi) is 3.51. The van der Waals surface area contributed by atoms with Gasteiger partial charge < -0.3 is 14.5 Å². The van der Waals surface area contributed by atoms with Crippen molar-refractivity contribution >= 4 is 22.7 Å². The molecule has 6 heteroatoms. The van der Waals surface area contributed by atoms with E-state index in [4.69, 9.17) is 9.15 Å². The number of benzene rings is 2. The molecule has 0 aliphatic carbocycles. The van der Waals surface area contributed by atoms with Gasteiger partial charge in [0.2, 0.25) is 0 Å². The second-order valence-corrected chi connectivity index (χ2v) is 4.30. The van der Waals surface area contributed by atoms with Crippen LogP contribution in [0.15, 0.2) is 53.3 Å². The van der Waals surface area contributed by atoms with Gasteiger partial charge in [0.1, 0.15) is 5.52 Å². The topological polar surface area (TPSA) is 64.4 Å². The number of rotatable bonds is 4. The number of nitrogens with one attached hydrogen (secondary N) is 1. The second kappa shape index (κ2) is 5.62. The highest BCUT2D eigenvalue weighted by Crippen LogP contribution is 2.18. The molecule has 3 aromatic rings. The minimum absolute atomic E-state index is 0.0401. The number of aromatic nitrogens is 1. The molecule has 106 valence electrons. The van der Waals surface area contributed by atoms with Crippen molar-refractivity contribution < 1.29 is 18.3 Å². The largest absolute Gasteiger partial charge is 0.481 e. The lowest BCUT2D eigenvalue weighted by atomic mass is 10.3. The summed E-state index contributed by atoms with van der Waals surface area (Å²) in [6.45, 7) is -0.282. The third-order valence-electron chi connectivity index (χ3n) is 2.81. The smallest absolute Gasteiger partial charge is 0.262 e. The molecule has 0 unspecified atom stereocenters. The van der Waals surface area contributed by atoms with Crippen LogP contribution in [0.1, 0.15) is 0 Å². The SMILES string of the molecule is O=C(COc1ccccc1F)Nc1ccc2ncoc2c1. The highest BCUT2D eigenvalue weighted by Gasteiger charge is 2.08. The first kappa shape index (κ1) is 13.1. The van der Waals surface area contributed by atoms with E-state index in [1.165, 1.54) is 18.5 Å². The van der Waals surface area contributed by atoms with Crippen molar-refractivity contribution in [1.29, 1.82) is 0 Å². The van der Waals surface area contributed by atoms with Crippen molar-refractivity contribution in [3.8, 4) is 5.75 Å². The zero-order valence-electron chi connectivity index (χ0n) is 10.9. The van der Waals surface area contributed by atoms with Crippen molar-refractivity contribution in [3.63, 3.8) is 0 Å². The first-order valence-electron chi connectivity index (χ1n) is 6.23. The first-order valence-corrected chi connectivity index (χ1v) is 6.23. The quantitative estimate of drug-likeness (QED) is 0.800. The van der Waals surface area contributed by atoms with Gasteiger partial charge in [-0.15, -0.1) is 0 Å². The van der Waals surface area contributed by atoms with Gasteiger partial charge in [0.15, 0.2) is 30.2 Å². The molecule has 0 atom stereocenters. The minimum atomic E-state index is -0.506. The highest BCUT2D eigenvalue weighted by atomic mass is 19.1. The molecule has 1 amide bonds. The molecule has 0 radical (unpaired) electrons. The van der Waals surface area contributed by atoms with E-state index in [2.05, 4.69) is 10.3 Å². The van der Waals surface area contributed by atoms with Gasteiger partial charge in [-0.1, -0.05) is 12.1 Å². The molecule has 0 fully saturated rings. The second-order valence-electron chi connectivity index (χ2n) is 4.30. The van der Waals surface area contributed by atoms with Gasteiger partial charge in [-0.3, -0.25) is 4.79 Å². The van der Waals surface area contributed by atoms with Crippen LogP contribution in [-0.2, 0) is 4.79 Å². The van der Waals surface area contributed by atoms with E-state index < -0.39 is 11.7 Å². The molecule has 21 heavy (non-hydrogen) atoms. The molecular formula is C15H11FN2O3. The number of anilines is 1. The molecule has 2 aromatic carbocycles. The first-order chi connectivity index (χ1) is 10.2. The van der Waals surface area contributed by atoms with Gasteiger partial charge in [0, 0.05) is 11.8 Å². The van der Waals surface area contributed by atoms with E-state index >= 15 is 0 Å². The molecule has 5 nitrogen and oxygen atoms in total. The molecule has 1 heterocycles. The fourth-order valence-electron chi connectivity index (χ4n) is 1.84. The number of fused-ring (bicyclic) bond motifs is 1. The maximum absolute atomic E-state index is 13.3. The van der Waals surface area contributed by atoms with Crippen molar-refractivity contribution in [2.24, 2.45) is 0 Å². The van der Waals surface area contributed by atoms with Crippen LogP contribution >= 0.6 is 0 Å². The van der Waals surface area contributed by atoms with Crippen LogP contribution < -0.4 is 10.1 Å². The van der Waals surface area contributed by atoms with Gasteiger partial charge >= 0.3 is 0 Å². The monoisotopic (exact) mass is 286 g/mol. The average molecular weight is 286 g/mol. The third-order valence-corrected chi connectivity index (χ3v) is 2.81. The molecule has 1 aromatic heterocycles. The van der Waals surface area contributed by atoms with E-state index in [9.17, 15) is 9.18 Å². The number of ether oxygens (including phenoxy) is 1. The van der Waals surface area contributed by atoms with Crippen LogP contribution in [0.2, 0.25) is 0 Å². The number of oxazole rings is 1. The fraction of sp³-hybridized carbons (Fsp3) is 0.0667. The van der Waals surface area contributed by atoms with E-state index in [-0.39, 0.29) is 12.4 Å². The summed E-state index contributed by atoms with van der Waals surface area (Å²) < 4.78 is 23.6. The Morgan fingerprint density at radius 1 is 1.29 bits per heavy atom. The van der Waals surface area contributed by atoms with Gasteiger partial charge in [0.05, 0.1) is 0 Å². The van der Waals surface area contributed by atoms with Crippen LogP contribution in [0, 0.1) is 5.82 Å². The summed E-state index contributed by atoms with van der Waals surface area (Å²) in [6, 6.07) is 11.0. The fourth-order valence-corrected chi connectivity index (χ4v) is 1.84. The van der Waals surface area contributed by atoms with Crippen molar-refractivity contribution in [1.82, 2.24) is 4.98 Å². The lowest BCUT2D eigenvalue weighted by Gasteiger charge is -2.07. The maximum atomic E-state index is 13.3. The predicted octanol–water partition coefficient (Wildman–Crippen LogP) is 2.98. The summed E-state index contributed by atoms with van der Waals surface area (Å²) in [4.78, 5) is 15.7. The molecule has 0 bridgehead atoms. The Balaban J connectivity index is 1.62. The standard InChI is InChI=1S/C15H11FN2O3/c16-11-3-1-2-4-13(11)20-8-15(19)18-10-5-6-12-14(7-10)21-9-17-12/h1-7,9H,8H2,(H,18,19). The molecule has 0 saturated carbocycles. The number of halogens is 1. The summed E-state index contributed by atoms with van der Waals surface area (Å²) in [5.74, 6) is -0.858. The summed E-state index contributed by atoms with van der Waals surface area (Å²) in [6.07, 6.45) is 1.33. The van der Waals surface area contributed by atoms with Crippen LogP contribution in [-0.4, -0.2) is 17.5 Å². The number of carbonyl (C=O) groups excluding carboxylic acids is 1. The third kappa shape index (κ3) is 3.00. The minimum Gasteiger partial charge on any atom is -0.481 e. The summed E-state index contributed by atoms with van der Waals surface area (Å²) in [7, 11) is 0. The zero-order valence-corrected chi connectivity index (χ0v) is 10.9. The van der Waals surface area contributed by atoms with Crippen molar-refractivity contribution in [2.45, 2.75) is 0 Å². The highest BCUT2D eigenvalue weighted by molar-refractivity contribution is 5.93. The van der Waals surface area contributed by atoms with Crippen LogP contribution in [0.25, 0.3) is 11.1 Å². The van der Waals surface area contributed by atoms with Crippen molar-refractivity contribution in [2.75, 3.05) is 11.9 Å². The molecule has 0 spiro atoms. The van der Waals surface area contributed by atoms with E-state index in [1.807, 2.05) is 0 Å². The van der Waals surface area contributed by atoms with Crippen LogP contribution in [0.4, 0.5) is 10.1 Å². The summed E-state index contributed by atoms with van der Waals surface area (Å²) in [5, 5.41) is 2.64. The molecule has 0 aliphatic rings. The lowest BCUT2D eigenvalue weighted by molar-refractivity contribution is -0.118. The maximum Gasteiger partial charge on any atom is 0.262 e. The number of amides is 1. The van der Waals surface area contributed by atoms with Crippen LogP contribution in [0.3, 0.4) is 0 Å². The lowest BCUT2D eigenvalue weighted by Crippen LogP contribution is -2.20. The number of carbonyl (C=O) groups is 1. The Morgan fingerprint density at radius 3 is 3.00 bits per heavy atom. The Morgan fingerprint density at radius 2 is 2.14 bits per heavy atom. The predicted molar refractivity (Wildman–Crippen MR) is 74.5 cm³/mol. The Hall–Kier alpha value is -2.89.